The van der Waals surface area contributed by atoms with Crippen molar-refractivity contribution in [3.05, 3.63) is 30.5 Å². The van der Waals surface area contributed by atoms with Gasteiger partial charge in [-0.3, -0.25) is 10.00 Å². The van der Waals surface area contributed by atoms with Crippen LogP contribution in [0, 0.1) is 0 Å². The Kier molecular flexibility index (Phi) is 4.09. The molecular weight excluding hydrogens is 260 g/mol. The van der Waals surface area contributed by atoms with E-state index in [-0.39, 0.29) is 6.03 Å². The number of aromatic nitrogens is 2. The molecule has 1 aromatic heterocycles. The Bertz CT molecular complexity index is 609. The van der Waals surface area contributed by atoms with E-state index in [1.54, 1.807) is 49.3 Å². The molecule has 1 aromatic carbocycles. The van der Waals surface area contributed by atoms with Crippen LogP contribution in [0.25, 0.3) is 0 Å². The van der Waals surface area contributed by atoms with Crippen LogP contribution in [0.5, 0.6) is 11.5 Å². The minimum atomic E-state index is -0.360. The summed E-state index contributed by atoms with van der Waals surface area (Å²) in [5.74, 6) is 1.75. The summed E-state index contributed by atoms with van der Waals surface area (Å²) in [5.41, 5.74) is 0.599. The zero-order chi connectivity index (χ0) is 14.5. The van der Waals surface area contributed by atoms with E-state index >= 15 is 0 Å². The lowest BCUT2D eigenvalue weighted by Crippen LogP contribution is -2.21. The number of urea groups is 1. The van der Waals surface area contributed by atoms with Crippen molar-refractivity contribution in [2.24, 2.45) is 7.05 Å². The van der Waals surface area contributed by atoms with Gasteiger partial charge in [-0.15, -0.1) is 0 Å². The molecule has 0 atom stereocenters. The van der Waals surface area contributed by atoms with Crippen molar-refractivity contribution in [2.75, 3.05) is 24.9 Å². The van der Waals surface area contributed by atoms with Crippen LogP contribution in [0.15, 0.2) is 30.5 Å². The van der Waals surface area contributed by atoms with Gasteiger partial charge in [-0.2, -0.15) is 5.10 Å². The summed E-state index contributed by atoms with van der Waals surface area (Å²) < 4.78 is 11.9. The van der Waals surface area contributed by atoms with Crippen LogP contribution in [0.2, 0.25) is 0 Å². The normalized spacial score (nSPS) is 9.95. The van der Waals surface area contributed by atoms with Gasteiger partial charge in [0.2, 0.25) is 0 Å². The molecule has 0 fully saturated rings. The van der Waals surface area contributed by atoms with E-state index in [4.69, 9.17) is 9.47 Å². The van der Waals surface area contributed by atoms with Gasteiger partial charge in [-0.25, -0.2) is 4.79 Å². The fourth-order valence-electron chi connectivity index (χ4n) is 1.69. The zero-order valence-corrected chi connectivity index (χ0v) is 11.5. The first-order valence-corrected chi connectivity index (χ1v) is 5.92. The summed E-state index contributed by atoms with van der Waals surface area (Å²) in [6, 6.07) is 6.47. The summed E-state index contributed by atoms with van der Waals surface area (Å²) in [4.78, 5) is 11.9. The fraction of sp³-hybridized carbons (Fsp3) is 0.231. The van der Waals surface area contributed by atoms with Gasteiger partial charge in [0.25, 0.3) is 0 Å². The highest BCUT2D eigenvalue weighted by Gasteiger charge is 2.08. The van der Waals surface area contributed by atoms with Gasteiger partial charge in [0.1, 0.15) is 5.82 Å². The zero-order valence-electron chi connectivity index (χ0n) is 11.5. The maximum atomic E-state index is 11.9. The second-order valence-corrected chi connectivity index (χ2v) is 3.99. The van der Waals surface area contributed by atoms with E-state index < -0.39 is 0 Å². The van der Waals surface area contributed by atoms with Crippen molar-refractivity contribution >= 4 is 17.5 Å². The Labute approximate surface area is 116 Å². The topological polar surface area (TPSA) is 77.4 Å². The van der Waals surface area contributed by atoms with Crippen LogP contribution in [0.1, 0.15) is 0 Å². The molecular formula is C13H16N4O3. The maximum Gasteiger partial charge on any atom is 0.324 e. The lowest BCUT2D eigenvalue weighted by atomic mass is 10.3. The number of rotatable bonds is 4. The third-order valence-corrected chi connectivity index (χ3v) is 2.70. The van der Waals surface area contributed by atoms with Crippen LogP contribution >= 0.6 is 0 Å². The number of benzene rings is 1. The molecule has 0 bridgehead atoms. The van der Waals surface area contributed by atoms with Gasteiger partial charge in [-0.1, -0.05) is 0 Å². The van der Waals surface area contributed by atoms with E-state index in [1.807, 2.05) is 0 Å². The quantitative estimate of drug-likeness (QED) is 0.896. The molecule has 2 aromatic rings. The predicted octanol–water partition coefficient (Wildman–Crippen LogP) is 2.08. The van der Waals surface area contributed by atoms with Gasteiger partial charge in [0, 0.05) is 24.9 Å². The summed E-state index contributed by atoms with van der Waals surface area (Å²) in [5, 5.41) is 9.35. The van der Waals surface area contributed by atoms with Gasteiger partial charge in [0.05, 0.1) is 20.4 Å². The number of ether oxygens (including phenoxy) is 2. The summed E-state index contributed by atoms with van der Waals surface area (Å²) in [6.45, 7) is 0. The molecule has 0 saturated heterocycles. The number of nitrogens with one attached hydrogen (secondary N) is 2. The number of anilines is 2. The first kappa shape index (κ1) is 13.7. The van der Waals surface area contributed by atoms with Crippen LogP contribution in [0.4, 0.5) is 16.3 Å². The molecule has 7 heteroatoms. The molecule has 7 nitrogen and oxygen atoms in total. The van der Waals surface area contributed by atoms with Crippen molar-refractivity contribution in [1.29, 1.82) is 0 Å². The Hall–Kier alpha value is -2.70. The van der Waals surface area contributed by atoms with Crippen molar-refractivity contribution in [2.45, 2.75) is 0 Å². The number of amides is 2. The minimum Gasteiger partial charge on any atom is -0.493 e. The van der Waals surface area contributed by atoms with Crippen LogP contribution in [-0.4, -0.2) is 30.0 Å². The second-order valence-electron chi connectivity index (χ2n) is 3.99. The van der Waals surface area contributed by atoms with Crippen LogP contribution < -0.4 is 20.1 Å². The van der Waals surface area contributed by atoms with Gasteiger partial charge < -0.3 is 14.8 Å². The summed E-state index contributed by atoms with van der Waals surface area (Å²) >= 11 is 0. The monoisotopic (exact) mass is 276 g/mol. The number of nitrogens with zero attached hydrogens (tertiary/aromatic N) is 2. The number of carbonyl (C=O) groups is 1. The highest BCUT2D eigenvalue weighted by molar-refractivity contribution is 5.99. The van der Waals surface area contributed by atoms with Gasteiger partial charge in [0.15, 0.2) is 11.5 Å². The lowest BCUT2D eigenvalue weighted by molar-refractivity contribution is 0.262. The Balaban J connectivity index is 2.06. The van der Waals surface area contributed by atoms with Gasteiger partial charge >= 0.3 is 6.03 Å². The molecule has 2 rings (SSSR count). The SMILES string of the molecule is COc1ccc(NC(=O)Nc2ccnn2C)cc1OC. The summed E-state index contributed by atoms with van der Waals surface area (Å²) in [6.07, 6.45) is 1.60. The molecule has 106 valence electrons. The van der Waals surface area contributed by atoms with E-state index in [9.17, 15) is 4.79 Å². The Morgan fingerprint density at radius 2 is 1.90 bits per heavy atom. The van der Waals surface area contributed by atoms with Gasteiger partial charge in [-0.05, 0) is 12.1 Å². The lowest BCUT2D eigenvalue weighted by Gasteiger charge is -2.11. The molecule has 0 aliphatic carbocycles. The first-order chi connectivity index (χ1) is 9.63. The third kappa shape index (κ3) is 3.00. The molecule has 0 aliphatic rings. The molecule has 1 heterocycles. The molecule has 0 saturated carbocycles. The molecule has 0 aliphatic heterocycles. The van der Waals surface area contributed by atoms with Crippen molar-refractivity contribution in [3.63, 3.8) is 0 Å². The minimum absolute atomic E-state index is 0.360. The highest BCUT2D eigenvalue weighted by Crippen LogP contribution is 2.29. The average Bonchev–Trinajstić information content (AvgIpc) is 2.84. The molecule has 0 spiro atoms. The Morgan fingerprint density at radius 3 is 2.50 bits per heavy atom. The third-order valence-electron chi connectivity index (χ3n) is 2.70. The summed E-state index contributed by atoms with van der Waals surface area (Å²) in [7, 11) is 4.84. The number of aryl methyl sites for hydroxylation is 1. The van der Waals surface area contributed by atoms with Crippen molar-refractivity contribution < 1.29 is 14.3 Å². The van der Waals surface area contributed by atoms with E-state index in [1.165, 1.54) is 7.11 Å². The Morgan fingerprint density at radius 1 is 1.15 bits per heavy atom. The molecule has 0 unspecified atom stereocenters. The van der Waals surface area contributed by atoms with Crippen LogP contribution in [-0.2, 0) is 7.05 Å². The van der Waals surface area contributed by atoms with E-state index in [0.717, 1.165) is 0 Å². The van der Waals surface area contributed by atoms with Crippen molar-refractivity contribution in [3.8, 4) is 11.5 Å². The molecule has 2 N–H and O–H groups in total. The molecule has 0 radical (unpaired) electrons. The van der Waals surface area contributed by atoms with Crippen LogP contribution in [0.3, 0.4) is 0 Å². The smallest absolute Gasteiger partial charge is 0.324 e. The standard InChI is InChI=1S/C13H16N4O3/c1-17-12(6-7-14-17)16-13(18)15-9-4-5-10(19-2)11(8-9)20-3/h4-8H,1-3H3,(H2,15,16,18). The largest absolute Gasteiger partial charge is 0.493 e. The highest BCUT2D eigenvalue weighted by atomic mass is 16.5. The fourth-order valence-corrected chi connectivity index (χ4v) is 1.69. The first-order valence-electron chi connectivity index (χ1n) is 5.92. The predicted molar refractivity (Wildman–Crippen MR) is 75.4 cm³/mol. The number of hydrogen-bond acceptors (Lipinski definition) is 4. The maximum absolute atomic E-state index is 11.9. The number of hydrogen-bond donors (Lipinski definition) is 2. The van der Waals surface area contributed by atoms with E-state index in [2.05, 4.69) is 15.7 Å². The van der Waals surface area contributed by atoms with E-state index in [0.29, 0.717) is 23.0 Å². The molecule has 2 amide bonds. The molecule has 20 heavy (non-hydrogen) atoms. The number of methoxy groups -OCH3 is 2. The second kappa shape index (κ2) is 5.96. The van der Waals surface area contributed by atoms with Crippen molar-refractivity contribution in [1.82, 2.24) is 9.78 Å². The number of carbonyl (C=O) groups excluding carboxylic acids is 1. The average molecular weight is 276 g/mol.